The minimum Gasteiger partial charge on any atom is -0.447 e. The number of rotatable bonds is 5. The first-order valence-electron chi connectivity index (χ1n) is 13.3. The fourth-order valence-electron chi connectivity index (χ4n) is 7.17. The molecule has 2 atom stereocenters. The van der Waals surface area contributed by atoms with Crippen molar-refractivity contribution in [2.45, 2.75) is 87.1 Å². The van der Waals surface area contributed by atoms with Crippen LogP contribution in [0.15, 0.2) is 41.1 Å². The third kappa shape index (κ3) is 3.37. The van der Waals surface area contributed by atoms with Crippen molar-refractivity contribution in [2.75, 3.05) is 13.1 Å². The van der Waals surface area contributed by atoms with E-state index in [-0.39, 0.29) is 5.41 Å². The molecule has 0 spiro atoms. The van der Waals surface area contributed by atoms with Crippen LogP contribution in [0.5, 0.6) is 0 Å². The Bertz CT molecular complexity index is 1130. The number of fused-ring (bicyclic) bond motifs is 3. The molecule has 3 saturated carbocycles. The van der Waals surface area contributed by atoms with E-state index in [2.05, 4.69) is 44.9 Å². The van der Waals surface area contributed by atoms with Crippen molar-refractivity contribution < 1.29 is 4.42 Å². The van der Waals surface area contributed by atoms with Gasteiger partial charge < -0.3 is 20.0 Å². The van der Waals surface area contributed by atoms with Crippen LogP contribution in [-0.2, 0) is 10.8 Å². The zero-order chi connectivity index (χ0) is 22.6. The lowest BCUT2D eigenvalue weighted by atomic mass is 9.51. The summed E-state index contributed by atoms with van der Waals surface area (Å²) in [7, 11) is 0. The minimum atomic E-state index is 0.225. The topological polar surface area (TPSA) is 78.8 Å². The first-order chi connectivity index (χ1) is 16.7. The van der Waals surface area contributed by atoms with Gasteiger partial charge in [0.25, 0.3) is 0 Å². The van der Waals surface area contributed by atoms with Gasteiger partial charge in [0.1, 0.15) is 12.1 Å². The second kappa shape index (κ2) is 8.06. The molecule has 3 N–H and O–H groups in total. The number of imidazole rings is 1. The highest BCUT2D eigenvalue weighted by molar-refractivity contribution is 5.59. The van der Waals surface area contributed by atoms with Crippen LogP contribution in [0.4, 0.5) is 0 Å². The van der Waals surface area contributed by atoms with Crippen LogP contribution in [0, 0.1) is 0 Å². The van der Waals surface area contributed by atoms with E-state index in [4.69, 9.17) is 9.40 Å². The van der Waals surface area contributed by atoms with Gasteiger partial charge in [0.15, 0.2) is 0 Å². The Morgan fingerprint density at radius 3 is 2.18 bits per heavy atom. The Hall–Kier alpha value is -2.44. The molecule has 0 radical (unpaired) electrons. The first-order valence-corrected chi connectivity index (χ1v) is 13.3. The summed E-state index contributed by atoms with van der Waals surface area (Å²) in [6.07, 6.45) is 16.1. The average molecular weight is 458 g/mol. The highest BCUT2D eigenvalue weighted by Gasteiger charge is 2.51. The van der Waals surface area contributed by atoms with Crippen LogP contribution in [-0.4, -0.2) is 28.0 Å². The largest absolute Gasteiger partial charge is 0.447 e. The molecule has 3 aliphatic carbocycles. The number of benzene rings is 1. The zero-order valence-electron chi connectivity index (χ0n) is 19.9. The smallest absolute Gasteiger partial charge is 0.211 e. The van der Waals surface area contributed by atoms with Gasteiger partial charge in [-0.15, -0.1) is 0 Å². The van der Waals surface area contributed by atoms with E-state index < -0.39 is 0 Å². The quantitative estimate of drug-likeness (QED) is 0.474. The summed E-state index contributed by atoms with van der Waals surface area (Å²) in [5, 5.41) is 7.05. The molecule has 2 bridgehead atoms. The summed E-state index contributed by atoms with van der Waals surface area (Å²) in [5.41, 5.74) is 5.63. The Labute approximate surface area is 201 Å². The van der Waals surface area contributed by atoms with Gasteiger partial charge in [0.05, 0.1) is 29.7 Å². The van der Waals surface area contributed by atoms with Crippen LogP contribution in [0.1, 0.15) is 99.3 Å². The fourth-order valence-corrected chi connectivity index (χ4v) is 7.17. The summed E-state index contributed by atoms with van der Waals surface area (Å²) >= 11 is 0. The van der Waals surface area contributed by atoms with Crippen molar-refractivity contribution in [3.63, 3.8) is 0 Å². The summed E-state index contributed by atoms with van der Waals surface area (Å²) < 4.78 is 5.96. The SMILES string of the molecule is c1cc(C23CCC(c4coc([C@@H]5CCCN5)n4)(CC2)CC3)ccc1-c1cnc([C@@H]2CCCN2)[nH]1. The highest BCUT2D eigenvalue weighted by Crippen LogP contribution is 2.58. The molecule has 178 valence electrons. The molecule has 2 aliphatic heterocycles. The van der Waals surface area contributed by atoms with Gasteiger partial charge in [0.2, 0.25) is 5.89 Å². The number of hydrogen-bond donors (Lipinski definition) is 3. The number of nitrogens with zero attached hydrogens (tertiary/aromatic N) is 2. The predicted molar refractivity (Wildman–Crippen MR) is 132 cm³/mol. The average Bonchev–Trinajstić information content (AvgIpc) is 3.72. The molecule has 34 heavy (non-hydrogen) atoms. The van der Waals surface area contributed by atoms with Gasteiger partial charge >= 0.3 is 0 Å². The number of nitrogens with one attached hydrogen (secondary N) is 3. The molecule has 1 aromatic carbocycles. The number of aromatic amines is 1. The second-order valence-corrected chi connectivity index (χ2v) is 11.2. The number of oxazole rings is 1. The molecule has 2 saturated heterocycles. The van der Waals surface area contributed by atoms with Crippen molar-refractivity contribution in [2.24, 2.45) is 0 Å². The third-order valence-electron chi connectivity index (χ3n) is 9.46. The molecule has 5 fully saturated rings. The van der Waals surface area contributed by atoms with Crippen LogP contribution < -0.4 is 10.6 Å². The van der Waals surface area contributed by atoms with E-state index in [0.717, 1.165) is 36.9 Å². The highest BCUT2D eigenvalue weighted by atomic mass is 16.3. The van der Waals surface area contributed by atoms with Crippen molar-refractivity contribution in [1.29, 1.82) is 0 Å². The van der Waals surface area contributed by atoms with Crippen LogP contribution in [0.2, 0.25) is 0 Å². The van der Waals surface area contributed by atoms with E-state index in [1.54, 1.807) is 0 Å². The van der Waals surface area contributed by atoms with Gasteiger partial charge in [-0.25, -0.2) is 9.97 Å². The lowest BCUT2D eigenvalue weighted by Crippen LogP contribution is -2.46. The molecule has 6 heteroatoms. The normalized spacial score (nSPS) is 33.1. The van der Waals surface area contributed by atoms with Crippen molar-refractivity contribution >= 4 is 0 Å². The van der Waals surface area contributed by atoms with Crippen molar-refractivity contribution in [3.05, 3.63) is 59.7 Å². The van der Waals surface area contributed by atoms with E-state index in [9.17, 15) is 0 Å². The van der Waals surface area contributed by atoms with Gasteiger partial charge in [-0.3, -0.25) is 0 Å². The third-order valence-corrected chi connectivity index (χ3v) is 9.46. The molecule has 0 unspecified atom stereocenters. The summed E-state index contributed by atoms with van der Waals surface area (Å²) in [4.78, 5) is 13.2. The molecule has 8 rings (SSSR count). The number of hydrogen-bond acceptors (Lipinski definition) is 5. The first kappa shape index (κ1) is 20.9. The maximum Gasteiger partial charge on any atom is 0.211 e. The molecule has 2 aromatic heterocycles. The van der Waals surface area contributed by atoms with Gasteiger partial charge in [0, 0.05) is 5.41 Å². The summed E-state index contributed by atoms with van der Waals surface area (Å²) in [6.45, 7) is 2.17. The van der Waals surface area contributed by atoms with E-state index in [1.807, 2.05) is 12.5 Å². The van der Waals surface area contributed by atoms with Gasteiger partial charge in [-0.1, -0.05) is 24.3 Å². The molecular weight excluding hydrogens is 422 g/mol. The van der Waals surface area contributed by atoms with E-state index in [0.29, 0.717) is 17.5 Å². The number of aromatic nitrogens is 3. The predicted octanol–water partition coefficient (Wildman–Crippen LogP) is 5.46. The zero-order valence-corrected chi connectivity index (χ0v) is 19.9. The number of H-pyrrole nitrogens is 1. The lowest BCUT2D eigenvalue weighted by Gasteiger charge is -2.53. The Morgan fingerprint density at radius 2 is 1.50 bits per heavy atom. The van der Waals surface area contributed by atoms with Gasteiger partial charge in [-0.2, -0.15) is 0 Å². The molecule has 3 aromatic rings. The van der Waals surface area contributed by atoms with Crippen LogP contribution in [0.25, 0.3) is 11.3 Å². The maximum absolute atomic E-state index is 5.96. The molecule has 4 heterocycles. The monoisotopic (exact) mass is 457 g/mol. The summed E-state index contributed by atoms with van der Waals surface area (Å²) in [6, 6.07) is 10.0. The Balaban J connectivity index is 1.06. The van der Waals surface area contributed by atoms with Crippen molar-refractivity contribution in [3.8, 4) is 11.3 Å². The van der Waals surface area contributed by atoms with E-state index in [1.165, 1.54) is 74.6 Å². The Kier molecular flexibility index (Phi) is 4.95. The minimum absolute atomic E-state index is 0.225. The summed E-state index contributed by atoms with van der Waals surface area (Å²) in [5.74, 6) is 1.98. The standard InChI is InChI=1S/C28H35N5O/c1-3-21(29-15-1)25-31-17-23(32-25)19-5-7-20(8-6-19)27-9-12-28(13-10-27,14-11-27)24-18-34-26(33-24)22-4-2-16-30-22/h5-8,17-18,21-22,29-30H,1-4,9-16H2,(H,31,32)/t21-,22-,27?,28?/m0/s1. The Morgan fingerprint density at radius 1 is 0.824 bits per heavy atom. The lowest BCUT2D eigenvalue weighted by molar-refractivity contribution is 0.0986. The van der Waals surface area contributed by atoms with Crippen molar-refractivity contribution in [1.82, 2.24) is 25.6 Å². The molecule has 6 nitrogen and oxygen atoms in total. The maximum atomic E-state index is 5.96. The van der Waals surface area contributed by atoms with Crippen LogP contribution in [0.3, 0.4) is 0 Å². The van der Waals surface area contributed by atoms with E-state index >= 15 is 0 Å². The molecular formula is C28H35N5O. The van der Waals surface area contributed by atoms with Crippen LogP contribution >= 0.6 is 0 Å². The fraction of sp³-hybridized carbons (Fsp3) is 0.571. The molecule has 5 aliphatic rings. The second-order valence-electron chi connectivity index (χ2n) is 11.2. The molecule has 0 amide bonds. The van der Waals surface area contributed by atoms with Gasteiger partial charge in [-0.05, 0) is 93.8 Å².